The summed E-state index contributed by atoms with van der Waals surface area (Å²) in [6.07, 6.45) is 0. The molecule has 106 valence electrons. The molecular weight excluding hydrogens is 307 g/mol. The molecule has 0 saturated heterocycles. The van der Waals surface area contributed by atoms with Crippen LogP contribution >= 0.6 is 24.0 Å². The van der Waals surface area contributed by atoms with Gasteiger partial charge in [-0.15, -0.1) is 11.8 Å². The summed E-state index contributed by atoms with van der Waals surface area (Å²) in [5, 5.41) is 3.26. The van der Waals surface area contributed by atoms with Crippen molar-refractivity contribution in [3.8, 4) is 0 Å². The molecule has 0 aromatic heterocycles. The molecule has 3 nitrogen and oxygen atoms in total. The van der Waals surface area contributed by atoms with E-state index in [0.29, 0.717) is 16.6 Å². The van der Waals surface area contributed by atoms with Gasteiger partial charge in [0.15, 0.2) is 5.11 Å². The number of halogens is 1. The predicted octanol–water partition coefficient (Wildman–Crippen LogP) is 3.66. The third kappa shape index (κ3) is 2.91. The standard InChI is InChI=1S/C15H11FN2OS2/c16-10-5-7-11(8-6-10)17-15(20)18-12-3-1-2-4-13(12)21-9-14(18)19/h1-8H,9H2,(H,17,20). The van der Waals surface area contributed by atoms with E-state index in [0.717, 1.165) is 10.6 Å². The maximum atomic E-state index is 12.9. The number of thioether (sulfide) groups is 1. The zero-order chi connectivity index (χ0) is 14.8. The van der Waals surface area contributed by atoms with Crippen LogP contribution in [-0.2, 0) is 4.79 Å². The van der Waals surface area contributed by atoms with Crippen LogP contribution in [-0.4, -0.2) is 16.8 Å². The number of benzene rings is 2. The van der Waals surface area contributed by atoms with Gasteiger partial charge in [-0.05, 0) is 48.6 Å². The summed E-state index contributed by atoms with van der Waals surface area (Å²) >= 11 is 6.83. The Bertz CT molecular complexity index is 703. The number of nitrogens with one attached hydrogen (secondary N) is 1. The fourth-order valence-electron chi connectivity index (χ4n) is 2.04. The Morgan fingerprint density at radius 1 is 1.19 bits per heavy atom. The lowest BCUT2D eigenvalue weighted by atomic mass is 10.3. The van der Waals surface area contributed by atoms with Gasteiger partial charge in [0.25, 0.3) is 0 Å². The average Bonchev–Trinajstić information content (AvgIpc) is 2.49. The second-order valence-electron chi connectivity index (χ2n) is 4.42. The summed E-state index contributed by atoms with van der Waals surface area (Å²) < 4.78 is 12.9. The Kier molecular flexibility index (Phi) is 3.90. The number of carbonyl (C=O) groups excluding carboxylic acids is 1. The van der Waals surface area contributed by atoms with Crippen LogP contribution in [0.4, 0.5) is 15.8 Å². The lowest BCUT2D eigenvalue weighted by Gasteiger charge is -2.29. The number of para-hydroxylation sites is 1. The van der Waals surface area contributed by atoms with E-state index >= 15 is 0 Å². The van der Waals surface area contributed by atoms with Crippen molar-refractivity contribution in [3.63, 3.8) is 0 Å². The van der Waals surface area contributed by atoms with Crippen molar-refractivity contribution in [2.24, 2.45) is 0 Å². The van der Waals surface area contributed by atoms with Crippen LogP contribution in [0.2, 0.25) is 0 Å². The van der Waals surface area contributed by atoms with Gasteiger partial charge in [-0.2, -0.15) is 0 Å². The second-order valence-corrected chi connectivity index (χ2v) is 5.83. The van der Waals surface area contributed by atoms with Crippen molar-refractivity contribution < 1.29 is 9.18 Å². The van der Waals surface area contributed by atoms with Crippen molar-refractivity contribution in [2.45, 2.75) is 4.90 Å². The number of hydrogen-bond acceptors (Lipinski definition) is 3. The second kappa shape index (κ2) is 5.83. The Balaban J connectivity index is 1.87. The zero-order valence-corrected chi connectivity index (χ0v) is 12.5. The summed E-state index contributed by atoms with van der Waals surface area (Å²) in [4.78, 5) is 14.7. The number of rotatable bonds is 1. The Hall–Kier alpha value is -1.92. The molecule has 1 N–H and O–H groups in total. The first-order valence-corrected chi connectivity index (χ1v) is 7.66. The molecule has 2 aromatic rings. The number of nitrogens with zero attached hydrogens (tertiary/aromatic N) is 1. The van der Waals surface area contributed by atoms with Gasteiger partial charge in [-0.1, -0.05) is 12.1 Å². The van der Waals surface area contributed by atoms with Gasteiger partial charge < -0.3 is 5.32 Å². The number of fused-ring (bicyclic) bond motifs is 1. The lowest BCUT2D eigenvalue weighted by Crippen LogP contribution is -2.43. The molecule has 2 aromatic carbocycles. The van der Waals surface area contributed by atoms with E-state index in [2.05, 4.69) is 5.32 Å². The number of hydrogen-bond donors (Lipinski definition) is 1. The molecule has 1 aliphatic rings. The third-order valence-corrected chi connectivity index (χ3v) is 4.34. The summed E-state index contributed by atoms with van der Waals surface area (Å²) in [5.74, 6) is -0.0389. The van der Waals surface area contributed by atoms with Crippen LogP contribution in [0.3, 0.4) is 0 Å². The van der Waals surface area contributed by atoms with Crippen LogP contribution in [0.15, 0.2) is 53.4 Å². The summed E-state index contributed by atoms with van der Waals surface area (Å²) in [6, 6.07) is 13.5. The van der Waals surface area contributed by atoms with Crippen molar-refractivity contribution in [3.05, 3.63) is 54.3 Å². The molecule has 0 fully saturated rings. The van der Waals surface area contributed by atoms with Gasteiger partial charge in [0, 0.05) is 10.6 Å². The van der Waals surface area contributed by atoms with Gasteiger partial charge in [0.1, 0.15) is 5.82 Å². The van der Waals surface area contributed by atoms with Gasteiger partial charge >= 0.3 is 0 Å². The normalized spacial score (nSPS) is 13.8. The minimum atomic E-state index is -0.317. The molecule has 0 unspecified atom stereocenters. The number of thiocarbonyl (C=S) groups is 1. The molecule has 0 radical (unpaired) electrons. The fourth-order valence-corrected chi connectivity index (χ4v) is 3.25. The molecular formula is C15H11FN2OS2. The summed E-state index contributed by atoms with van der Waals surface area (Å²) in [5.41, 5.74) is 1.42. The highest BCUT2D eigenvalue weighted by Gasteiger charge is 2.27. The molecule has 1 aliphatic heterocycles. The molecule has 0 aliphatic carbocycles. The number of carbonyl (C=O) groups is 1. The van der Waals surface area contributed by atoms with Crippen LogP contribution in [0.5, 0.6) is 0 Å². The number of anilines is 2. The van der Waals surface area contributed by atoms with E-state index in [-0.39, 0.29) is 11.7 Å². The largest absolute Gasteiger partial charge is 0.332 e. The first kappa shape index (κ1) is 14.0. The summed E-state index contributed by atoms with van der Waals surface area (Å²) in [6.45, 7) is 0. The lowest BCUT2D eigenvalue weighted by molar-refractivity contribution is -0.115. The van der Waals surface area contributed by atoms with Gasteiger partial charge in [0.2, 0.25) is 5.91 Å². The van der Waals surface area contributed by atoms with Crippen molar-refractivity contribution in [1.82, 2.24) is 0 Å². The van der Waals surface area contributed by atoms with Gasteiger partial charge in [-0.3, -0.25) is 9.69 Å². The monoisotopic (exact) mass is 318 g/mol. The van der Waals surface area contributed by atoms with Crippen molar-refractivity contribution >= 4 is 46.4 Å². The summed E-state index contributed by atoms with van der Waals surface area (Å²) in [7, 11) is 0. The van der Waals surface area contributed by atoms with Crippen LogP contribution < -0.4 is 10.2 Å². The van der Waals surface area contributed by atoms with E-state index in [1.54, 1.807) is 12.1 Å². The SMILES string of the molecule is O=C1CSc2ccccc2N1C(=S)Nc1ccc(F)cc1. The highest BCUT2D eigenvalue weighted by atomic mass is 32.2. The number of amides is 1. The molecule has 6 heteroatoms. The molecule has 0 atom stereocenters. The molecule has 0 spiro atoms. The molecule has 0 saturated carbocycles. The quantitative estimate of drug-likeness (QED) is 0.813. The molecule has 1 heterocycles. The smallest absolute Gasteiger partial charge is 0.243 e. The highest BCUT2D eigenvalue weighted by Crippen LogP contribution is 2.35. The van der Waals surface area contributed by atoms with Crippen LogP contribution in [0, 0.1) is 5.82 Å². The molecule has 3 rings (SSSR count). The maximum Gasteiger partial charge on any atom is 0.243 e. The first-order chi connectivity index (χ1) is 10.1. The van der Waals surface area contributed by atoms with Crippen LogP contribution in [0.25, 0.3) is 0 Å². The van der Waals surface area contributed by atoms with E-state index in [1.165, 1.54) is 28.8 Å². The zero-order valence-electron chi connectivity index (χ0n) is 10.9. The minimum absolute atomic E-state index is 0.0710. The average molecular weight is 318 g/mol. The van der Waals surface area contributed by atoms with E-state index in [9.17, 15) is 9.18 Å². The van der Waals surface area contributed by atoms with Crippen molar-refractivity contribution in [1.29, 1.82) is 0 Å². The first-order valence-electron chi connectivity index (χ1n) is 6.26. The maximum absolute atomic E-state index is 12.9. The fraction of sp³-hybridized carbons (Fsp3) is 0.0667. The van der Waals surface area contributed by atoms with Gasteiger partial charge in [0.05, 0.1) is 11.4 Å². The van der Waals surface area contributed by atoms with Gasteiger partial charge in [-0.25, -0.2) is 4.39 Å². The highest BCUT2D eigenvalue weighted by molar-refractivity contribution is 8.00. The molecule has 0 bridgehead atoms. The Morgan fingerprint density at radius 3 is 2.67 bits per heavy atom. The molecule has 21 heavy (non-hydrogen) atoms. The predicted molar refractivity (Wildman–Crippen MR) is 87.3 cm³/mol. The van der Waals surface area contributed by atoms with Crippen molar-refractivity contribution in [2.75, 3.05) is 16.0 Å². The third-order valence-electron chi connectivity index (χ3n) is 3.01. The van der Waals surface area contributed by atoms with E-state index in [1.807, 2.05) is 24.3 Å². The topological polar surface area (TPSA) is 32.3 Å². The van der Waals surface area contributed by atoms with E-state index in [4.69, 9.17) is 12.2 Å². The molecule has 1 amide bonds. The van der Waals surface area contributed by atoms with Crippen LogP contribution in [0.1, 0.15) is 0 Å². The Labute approximate surface area is 131 Å². The van der Waals surface area contributed by atoms with E-state index < -0.39 is 0 Å². The minimum Gasteiger partial charge on any atom is -0.332 e. The Morgan fingerprint density at radius 2 is 1.90 bits per heavy atom.